The molecule has 0 aliphatic heterocycles. The number of carbonyl (C=O) groups is 1. The van der Waals surface area contributed by atoms with Gasteiger partial charge in [-0.15, -0.1) is 5.92 Å². The molecule has 16 heavy (non-hydrogen) atoms. The highest BCUT2D eigenvalue weighted by molar-refractivity contribution is 5.90. The minimum Gasteiger partial charge on any atom is -0.297 e. The smallest absolute Gasteiger partial charge is 0.164 e. The summed E-state index contributed by atoms with van der Waals surface area (Å²) in [5, 5.41) is 0. The number of nitrogens with zero attached hydrogens (tertiary/aromatic N) is 1. The second-order valence-electron chi connectivity index (χ2n) is 5.15. The molecule has 0 spiro atoms. The molecule has 0 aromatic carbocycles. The maximum atomic E-state index is 12.3. The first-order chi connectivity index (χ1) is 7.53. The van der Waals surface area contributed by atoms with E-state index in [0.29, 0.717) is 18.1 Å². The highest BCUT2D eigenvalue weighted by Gasteiger charge is 2.42. The van der Waals surface area contributed by atoms with Gasteiger partial charge < -0.3 is 0 Å². The van der Waals surface area contributed by atoms with Crippen molar-refractivity contribution in [2.45, 2.75) is 51.5 Å². The van der Waals surface area contributed by atoms with Gasteiger partial charge in [0.25, 0.3) is 0 Å². The topological polar surface area (TPSA) is 20.3 Å². The van der Waals surface area contributed by atoms with E-state index in [1.807, 2.05) is 14.1 Å². The second kappa shape index (κ2) is 5.50. The Balaban J connectivity index is 2.85. The number of Topliss-reactive ketones (excluding diaryl/α,β-unsaturated/α-hetero) is 1. The minimum absolute atomic E-state index is 0.248. The van der Waals surface area contributed by atoms with Crippen LogP contribution in [0.1, 0.15) is 46.0 Å². The first kappa shape index (κ1) is 13.3. The standard InChI is InChI=1S/C14H23NO/c1-5-6-9-13(16)14(15(3)4)10-7-8-12(2)11-14/h12H,7-11H2,1-4H3. The summed E-state index contributed by atoms with van der Waals surface area (Å²) in [6.07, 6.45) is 4.80. The molecule has 2 unspecified atom stereocenters. The van der Waals surface area contributed by atoms with Crippen molar-refractivity contribution in [3.8, 4) is 11.8 Å². The van der Waals surface area contributed by atoms with Crippen LogP contribution in [0.15, 0.2) is 0 Å². The van der Waals surface area contributed by atoms with Gasteiger partial charge in [-0.1, -0.05) is 25.7 Å². The van der Waals surface area contributed by atoms with Crippen LogP contribution in [0.2, 0.25) is 0 Å². The molecule has 90 valence electrons. The lowest BCUT2D eigenvalue weighted by Crippen LogP contribution is -2.53. The van der Waals surface area contributed by atoms with Crippen LogP contribution in [0.25, 0.3) is 0 Å². The highest BCUT2D eigenvalue weighted by Crippen LogP contribution is 2.36. The molecule has 0 heterocycles. The van der Waals surface area contributed by atoms with Crippen molar-refractivity contribution in [3.05, 3.63) is 0 Å². The van der Waals surface area contributed by atoms with E-state index in [1.54, 1.807) is 6.92 Å². The molecule has 0 radical (unpaired) electrons. The zero-order valence-corrected chi connectivity index (χ0v) is 11.0. The van der Waals surface area contributed by atoms with Crippen LogP contribution < -0.4 is 0 Å². The molecule has 1 aliphatic rings. The van der Waals surface area contributed by atoms with Gasteiger partial charge in [0.05, 0.1) is 12.0 Å². The van der Waals surface area contributed by atoms with Crippen molar-refractivity contribution in [3.63, 3.8) is 0 Å². The minimum atomic E-state index is -0.248. The lowest BCUT2D eigenvalue weighted by atomic mass is 9.72. The highest BCUT2D eigenvalue weighted by atomic mass is 16.1. The Hall–Kier alpha value is -0.810. The molecular weight excluding hydrogens is 198 g/mol. The molecule has 2 atom stereocenters. The fourth-order valence-corrected chi connectivity index (χ4v) is 2.77. The van der Waals surface area contributed by atoms with Crippen molar-refractivity contribution in [1.82, 2.24) is 4.90 Å². The fraction of sp³-hybridized carbons (Fsp3) is 0.786. The largest absolute Gasteiger partial charge is 0.297 e. The van der Waals surface area contributed by atoms with E-state index in [0.717, 1.165) is 19.3 Å². The summed E-state index contributed by atoms with van der Waals surface area (Å²) in [4.78, 5) is 14.4. The van der Waals surface area contributed by atoms with Crippen LogP contribution in [0.5, 0.6) is 0 Å². The van der Waals surface area contributed by atoms with Gasteiger partial charge in [-0.2, -0.15) is 0 Å². The Labute approximate surface area is 99.4 Å². The fourth-order valence-electron chi connectivity index (χ4n) is 2.77. The van der Waals surface area contributed by atoms with Crippen molar-refractivity contribution in [1.29, 1.82) is 0 Å². The third kappa shape index (κ3) is 2.65. The average molecular weight is 221 g/mol. The molecule has 1 saturated carbocycles. The van der Waals surface area contributed by atoms with Gasteiger partial charge >= 0.3 is 0 Å². The third-order valence-electron chi connectivity index (χ3n) is 3.77. The molecule has 0 aromatic heterocycles. The van der Waals surface area contributed by atoms with Gasteiger partial charge in [0.15, 0.2) is 5.78 Å². The summed E-state index contributed by atoms with van der Waals surface area (Å²) in [6.45, 7) is 4.04. The van der Waals surface area contributed by atoms with Crippen LogP contribution >= 0.6 is 0 Å². The SMILES string of the molecule is CC#CCC(=O)C1(N(C)C)CCCC(C)C1. The third-order valence-corrected chi connectivity index (χ3v) is 3.77. The van der Waals surface area contributed by atoms with Gasteiger partial charge in [0.1, 0.15) is 0 Å². The molecular formula is C14H23NO. The van der Waals surface area contributed by atoms with E-state index in [9.17, 15) is 4.79 Å². The summed E-state index contributed by atoms with van der Waals surface area (Å²) >= 11 is 0. The van der Waals surface area contributed by atoms with Gasteiger partial charge in [0.2, 0.25) is 0 Å². The van der Waals surface area contributed by atoms with Crippen LogP contribution in [-0.2, 0) is 4.79 Å². The van der Waals surface area contributed by atoms with Crippen LogP contribution in [0.4, 0.5) is 0 Å². The Kier molecular flexibility index (Phi) is 4.56. The first-order valence-electron chi connectivity index (χ1n) is 6.13. The predicted molar refractivity (Wildman–Crippen MR) is 67.1 cm³/mol. The number of likely N-dealkylation sites (N-methyl/N-ethyl adjacent to an activating group) is 1. The average Bonchev–Trinajstić information content (AvgIpc) is 2.25. The molecule has 0 saturated heterocycles. The lowest BCUT2D eigenvalue weighted by Gasteiger charge is -2.43. The van der Waals surface area contributed by atoms with Crippen molar-refractivity contribution in [2.24, 2.45) is 5.92 Å². The van der Waals surface area contributed by atoms with E-state index < -0.39 is 0 Å². The molecule has 2 nitrogen and oxygen atoms in total. The quantitative estimate of drug-likeness (QED) is 0.682. The normalized spacial score (nSPS) is 29.7. The number of carbonyl (C=O) groups excluding carboxylic acids is 1. The Bertz CT molecular complexity index is 310. The van der Waals surface area contributed by atoms with E-state index in [1.165, 1.54) is 6.42 Å². The molecule has 0 N–H and O–H groups in total. The van der Waals surface area contributed by atoms with Crippen molar-refractivity contribution in [2.75, 3.05) is 14.1 Å². The molecule has 0 aromatic rings. The molecule has 1 aliphatic carbocycles. The second-order valence-corrected chi connectivity index (χ2v) is 5.15. The summed E-state index contributed by atoms with van der Waals surface area (Å²) in [5.41, 5.74) is -0.248. The number of hydrogen-bond acceptors (Lipinski definition) is 2. The Morgan fingerprint density at radius 1 is 1.50 bits per heavy atom. The monoisotopic (exact) mass is 221 g/mol. The van der Waals surface area contributed by atoms with Gasteiger partial charge in [-0.25, -0.2) is 0 Å². The van der Waals surface area contributed by atoms with Gasteiger partial charge in [-0.05, 0) is 39.8 Å². The predicted octanol–water partition coefficient (Wildman–Crippen LogP) is 2.48. The Morgan fingerprint density at radius 2 is 2.19 bits per heavy atom. The first-order valence-corrected chi connectivity index (χ1v) is 6.13. The lowest BCUT2D eigenvalue weighted by molar-refractivity contribution is -0.131. The van der Waals surface area contributed by atoms with Crippen molar-refractivity contribution < 1.29 is 4.79 Å². The molecule has 1 fully saturated rings. The van der Waals surface area contributed by atoms with E-state index in [-0.39, 0.29) is 5.54 Å². The number of ketones is 1. The van der Waals surface area contributed by atoms with Gasteiger partial charge in [-0.3, -0.25) is 9.69 Å². The van der Waals surface area contributed by atoms with Crippen LogP contribution in [0, 0.1) is 17.8 Å². The van der Waals surface area contributed by atoms with E-state index in [4.69, 9.17) is 0 Å². The maximum absolute atomic E-state index is 12.3. The zero-order chi connectivity index (χ0) is 12.2. The van der Waals surface area contributed by atoms with Crippen LogP contribution in [0.3, 0.4) is 0 Å². The molecule has 0 amide bonds. The van der Waals surface area contributed by atoms with Gasteiger partial charge in [0, 0.05) is 0 Å². The summed E-state index contributed by atoms with van der Waals surface area (Å²) in [7, 11) is 4.05. The summed E-state index contributed by atoms with van der Waals surface area (Å²) in [5.74, 6) is 6.68. The molecule has 1 rings (SSSR count). The summed E-state index contributed by atoms with van der Waals surface area (Å²) < 4.78 is 0. The van der Waals surface area contributed by atoms with Crippen LogP contribution in [-0.4, -0.2) is 30.3 Å². The Morgan fingerprint density at radius 3 is 2.69 bits per heavy atom. The number of rotatable bonds is 3. The molecule has 0 bridgehead atoms. The summed E-state index contributed by atoms with van der Waals surface area (Å²) in [6, 6.07) is 0. The van der Waals surface area contributed by atoms with Crippen molar-refractivity contribution >= 4 is 5.78 Å². The zero-order valence-electron chi connectivity index (χ0n) is 11.0. The van der Waals surface area contributed by atoms with E-state index >= 15 is 0 Å². The molecule has 2 heteroatoms. The maximum Gasteiger partial charge on any atom is 0.164 e. The number of hydrogen-bond donors (Lipinski definition) is 0. The van der Waals surface area contributed by atoms with E-state index in [2.05, 4.69) is 23.7 Å².